The van der Waals surface area contributed by atoms with Crippen molar-refractivity contribution >= 4 is 23.1 Å². The summed E-state index contributed by atoms with van der Waals surface area (Å²) >= 11 is 2.09. The molecule has 0 aliphatic carbocycles. The summed E-state index contributed by atoms with van der Waals surface area (Å²) in [4.78, 5) is 0. The molecule has 1 heterocycles. The first kappa shape index (κ1) is 16.3. The summed E-state index contributed by atoms with van der Waals surface area (Å²) in [6, 6.07) is 9.49. The van der Waals surface area contributed by atoms with Gasteiger partial charge in [0, 0.05) is 0 Å². The minimum atomic E-state index is -3.43. The van der Waals surface area contributed by atoms with E-state index < -0.39 is 11.1 Å². The van der Waals surface area contributed by atoms with Crippen LogP contribution in [0.15, 0.2) is 34.7 Å². The lowest BCUT2D eigenvalue weighted by Gasteiger charge is -2.13. The van der Waals surface area contributed by atoms with Crippen LogP contribution < -0.4 is 0 Å². The molecule has 0 unspecified atom stereocenters. The zero-order valence-electron chi connectivity index (χ0n) is 11.3. The first-order chi connectivity index (χ1) is 10.1. The standard InChI is InChI=1S/C13H14F2N2O2S2/c1-20-12-17-16-11(21-12)13(14,15)19-8-7-18-9-10-5-3-2-4-6-10/h2-6H,7-9H2,1H3. The van der Waals surface area contributed by atoms with Gasteiger partial charge in [-0.1, -0.05) is 53.4 Å². The minimum absolute atomic E-state index is 0.0820. The molecule has 8 heteroatoms. The van der Waals surface area contributed by atoms with Gasteiger partial charge in [0.1, 0.15) is 0 Å². The van der Waals surface area contributed by atoms with E-state index in [1.807, 2.05) is 30.3 Å². The Morgan fingerprint density at radius 3 is 2.62 bits per heavy atom. The summed E-state index contributed by atoms with van der Waals surface area (Å²) in [7, 11) is 0. The van der Waals surface area contributed by atoms with Crippen molar-refractivity contribution < 1.29 is 18.3 Å². The Morgan fingerprint density at radius 2 is 1.95 bits per heavy atom. The van der Waals surface area contributed by atoms with Crippen molar-refractivity contribution in [1.82, 2.24) is 10.2 Å². The predicted octanol–water partition coefficient (Wildman–Crippen LogP) is 3.54. The molecule has 1 aromatic carbocycles. The topological polar surface area (TPSA) is 44.2 Å². The van der Waals surface area contributed by atoms with Crippen LogP contribution in [0.25, 0.3) is 0 Å². The summed E-state index contributed by atoms with van der Waals surface area (Å²) in [5, 5.41) is 6.63. The maximum absolute atomic E-state index is 13.7. The summed E-state index contributed by atoms with van der Waals surface area (Å²) < 4.78 is 37.7. The Bertz CT molecular complexity index is 552. The third-order valence-corrected chi connectivity index (χ3v) is 4.40. The number of thioether (sulfide) groups is 1. The molecule has 21 heavy (non-hydrogen) atoms. The van der Waals surface area contributed by atoms with Crippen molar-refractivity contribution in [2.45, 2.75) is 17.1 Å². The smallest absolute Gasteiger partial charge is 0.374 e. The van der Waals surface area contributed by atoms with Gasteiger partial charge in [0.25, 0.3) is 0 Å². The fraction of sp³-hybridized carbons (Fsp3) is 0.385. The van der Waals surface area contributed by atoms with Gasteiger partial charge in [0.15, 0.2) is 4.34 Å². The molecule has 0 saturated heterocycles. The number of alkyl halides is 2. The molecular formula is C13H14F2N2O2S2. The number of ether oxygens (including phenoxy) is 2. The Morgan fingerprint density at radius 1 is 1.19 bits per heavy atom. The molecule has 0 bridgehead atoms. The lowest BCUT2D eigenvalue weighted by molar-refractivity contribution is -0.253. The molecule has 0 amide bonds. The summed E-state index contributed by atoms with van der Waals surface area (Å²) in [6.07, 6.45) is -1.68. The van der Waals surface area contributed by atoms with Crippen LogP contribution in [0.1, 0.15) is 10.6 Å². The highest BCUT2D eigenvalue weighted by Crippen LogP contribution is 2.33. The van der Waals surface area contributed by atoms with Crippen molar-refractivity contribution in [3.63, 3.8) is 0 Å². The molecule has 0 saturated carbocycles. The molecule has 0 atom stereocenters. The van der Waals surface area contributed by atoms with Gasteiger partial charge in [-0.3, -0.25) is 0 Å². The molecule has 1 aromatic heterocycles. The lowest BCUT2D eigenvalue weighted by Crippen LogP contribution is -2.20. The molecule has 4 nitrogen and oxygen atoms in total. The van der Waals surface area contributed by atoms with Gasteiger partial charge in [0.2, 0.25) is 5.01 Å². The number of benzene rings is 1. The maximum Gasteiger partial charge on any atom is 0.411 e. The number of hydrogen-bond donors (Lipinski definition) is 0. The first-order valence-corrected chi connectivity index (χ1v) is 8.17. The second kappa shape index (κ2) is 7.79. The van der Waals surface area contributed by atoms with Gasteiger partial charge in [-0.25, -0.2) is 0 Å². The van der Waals surface area contributed by atoms with Crippen LogP contribution in [0, 0.1) is 0 Å². The largest absolute Gasteiger partial charge is 0.411 e. The van der Waals surface area contributed by atoms with E-state index in [0.717, 1.165) is 16.9 Å². The highest BCUT2D eigenvalue weighted by molar-refractivity contribution is 8.00. The molecule has 0 N–H and O–H groups in total. The Hall–Kier alpha value is -1.09. The number of hydrogen-bond acceptors (Lipinski definition) is 6. The third kappa shape index (κ3) is 4.99. The summed E-state index contributed by atoms with van der Waals surface area (Å²) in [5.41, 5.74) is 0.984. The van der Waals surface area contributed by atoms with Gasteiger partial charge in [-0.05, 0) is 11.8 Å². The Kier molecular flexibility index (Phi) is 6.04. The monoisotopic (exact) mass is 332 g/mol. The fourth-order valence-corrected chi connectivity index (χ4v) is 2.66. The van der Waals surface area contributed by atoms with E-state index >= 15 is 0 Å². The normalized spacial score (nSPS) is 11.8. The van der Waals surface area contributed by atoms with Gasteiger partial charge in [0.05, 0.1) is 19.8 Å². The highest BCUT2D eigenvalue weighted by Gasteiger charge is 2.37. The van der Waals surface area contributed by atoms with Crippen molar-refractivity contribution in [3.05, 3.63) is 40.9 Å². The summed E-state index contributed by atoms with van der Waals surface area (Å²) in [6.45, 7) is 0.234. The number of halogens is 2. The van der Waals surface area contributed by atoms with E-state index in [0.29, 0.717) is 10.9 Å². The van der Waals surface area contributed by atoms with Crippen LogP contribution in [-0.2, 0) is 22.2 Å². The van der Waals surface area contributed by atoms with E-state index in [1.165, 1.54) is 11.8 Å². The number of rotatable bonds is 8. The van der Waals surface area contributed by atoms with Crippen LogP contribution in [0.3, 0.4) is 0 Å². The van der Waals surface area contributed by atoms with Crippen LogP contribution in [0.5, 0.6) is 0 Å². The van der Waals surface area contributed by atoms with Crippen molar-refractivity contribution in [2.24, 2.45) is 0 Å². The molecule has 2 aromatic rings. The minimum Gasteiger partial charge on any atom is -0.374 e. The van der Waals surface area contributed by atoms with Crippen LogP contribution >= 0.6 is 23.1 Å². The second-order valence-corrected chi connectivity index (χ2v) is 6.01. The molecule has 114 valence electrons. The third-order valence-electron chi connectivity index (χ3n) is 2.45. The maximum atomic E-state index is 13.7. The Balaban J connectivity index is 1.72. The van der Waals surface area contributed by atoms with Crippen molar-refractivity contribution in [3.8, 4) is 0 Å². The fourth-order valence-electron chi connectivity index (χ4n) is 1.46. The zero-order valence-corrected chi connectivity index (χ0v) is 12.9. The van der Waals surface area contributed by atoms with Crippen molar-refractivity contribution in [2.75, 3.05) is 19.5 Å². The number of nitrogens with zero attached hydrogens (tertiary/aromatic N) is 2. The van der Waals surface area contributed by atoms with Gasteiger partial charge in [-0.15, -0.1) is 10.2 Å². The average molecular weight is 332 g/mol. The van der Waals surface area contributed by atoms with E-state index in [-0.39, 0.29) is 13.2 Å². The Labute approximate surface area is 129 Å². The quantitative estimate of drug-likeness (QED) is 0.546. The lowest BCUT2D eigenvalue weighted by atomic mass is 10.2. The van der Waals surface area contributed by atoms with E-state index in [2.05, 4.69) is 14.9 Å². The second-order valence-electron chi connectivity index (χ2n) is 3.98. The molecule has 2 rings (SSSR count). The SMILES string of the molecule is CSc1nnc(C(F)(F)OCCOCc2ccccc2)s1. The molecule has 0 spiro atoms. The molecule has 0 fully saturated rings. The number of aromatic nitrogens is 2. The van der Waals surface area contributed by atoms with E-state index in [9.17, 15) is 8.78 Å². The van der Waals surface area contributed by atoms with E-state index in [1.54, 1.807) is 6.26 Å². The van der Waals surface area contributed by atoms with Crippen LogP contribution in [0.2, 0.25) is 0 Å². The molecule has 0 radical (unpaired) electrons. The van der Waals surface area contributed by atoms with Crippen LogP contribution in [-0.4, -0.2) is 29.7 Å². The predicted molar refractivity (Wildman–Crippen MR) is 77.6 cm³/mol. The molecule has 0 aliphatic rings. The first-order valence-electron chi connectivity index (χ1n) is 6.13. The van der Waals surface area contributed by atoms with Gasteiger partial charge in [-0.2, -0.15) is 8.78 Å². The highest BCUT2D eigenvalue weighted by atomic mass is 32.2. The van der Waals surface area contributed by atoms with Crippen LogP contribution in [0.4, 0.5) is 8.78 Å². The van der Waals surface area contributed by atoms with Gasteiger partial charge >= 0.3 is 6.11 Å². The average Bonchev–Trinajstić information content (AvgIpc) is 2.98. The van der Waals surface area contributed by atoms with E-state index in [4.69, 9.17) is 4.74 Å². The molecular weight excluding hydrogens is 318 g/mol. The van der Waals surface area contributed by atoms with Gasteiger partial charge < -0.3 is 9.47 Å². The molecule has 0 aliphatic heterocycles. The summed E-state index contributed by atoms with van der Waals surface area (Å²) in [5.74, 6) is 0. The zero-order chi connectivity index (χ0) is 15.1. The van der Waals surface area contributed by atoms with Crippen molar-refractivity contribution in [1.29, 1.82) is 0 Å².